The molecular weight excluding hydrogens is 288 g/mol. The Labute approximate surface area is 140 Å². The van der Waals surface area contributed by atoms with Crippen LogP contribution in [0.2, 0.25) is 0 Å². The smallest absolute Gasteiger partial charge is 0.225 e. The first-order valence-corrected chi connectivity index (χ1v) is 9.75. The average Bonchev–Trinajstić information content (AvgIpc) is 3.40. The molecule has 0 radical (unpaired) electrons. The van der Waals surface area contributed by atoms with Crippen molar-refractivity contribution in [2.45, 2.75) is 77.2 Å². The van der Waals surface area contributed by atoms with Crippen LogP contribution in [0.5, 0.6) is 0 Å². The van der Waals surface area contributed by atoms with E-state index in [9.17, 15) is 9.59 Å². The summed E-state index contributed by atoms with van der Waals surface area (Å²) in [6.07, 6.45) is 11.0. The molecule has 3 rings (SSSR count). The summed E-state index contributed by atoms with van der Waals surface area (Å²) in [7, 11) is 0. The Morgan fingerprint density at radius 1 is 1.00 bits per heavy atom. The molecule has 2 saturated carbocycles. The van der Waals surface area contributed by atoms with Crippen LogP contribution in [0.1, 0.15) is 71.1 Å². The largest absolute Gasteiger partial charge is 0.353 e. The number of amides is 2. The lowest BCUT2D eigenvalue weighted by atomic mass is 9.81. The van der Waals surface area contributed by atoms with Gasteiger partial charge in [-0.05, 0) is 43.9 Å². The lowest BCUT2D eigenvalue weighted by Gasteiger charge is -2.38. The molecule has 2 atom stereocenters. The van der Waals surface area contributed by atoms with Crippen LogP contribution in [0.4, 0.5) is 0 Å². The van der Waals surface area contributed by atoms with Crippen LogP contribution in [0.25, 0.3) is 0 Å². The number of likely N-dealkylation sites (tertiary alicyclic amines) is 1. The third-order valence-corrected chi connectivity index (χ3v) is 6.07. The van der Waals surface area contributed by atoms with Crippen LogP contribution in [-0.2, 0) is 9.59 Å². The molecule has 1 saturated heterocycles. The van der Waals surface area contributed by atoms with Gasteiger partial charge in [0.15, 0.2) is 0 Å². The van der Waals surface area contributed by atoms with Gasteiger partial charge in [0, 0.05) is 31.5 Å². The second-order valence-corrected chi connectivity index (χ2v) is 7.88. The fraction of sp³-hybridized carbons (Fsp3) is 0.895. The van der Waals surface area contributed by atoms with Crippen LogP contribution in [0, 0.1) is 17.8 Å². The Bertz CT molecular complexity index is 427. The molecule has 0 aromatic carbocycles. The summed E-state index contributed by atoms with van der Waals surface area (Å²) in [5.41, 5.74) is 0. The Balaban J connectivity index is 1.47. The summed E-state index contributed by atoms with van der Waals surface area (Å²) in [5.74, 6) is 1.87. The Hall–Kier alpha value is -1.06. The highest BCUT2D eigenvalue weighted by Gasteiger charge is 2.38. The molecule has 3 aliphatic rings. The summed E-state index contributed by atoms with van der Waals surface area (Å²) >= 11 is 0. The Morgan fingerprint density at radius 3 is 2.39 bits per heavy atom. The number of nitrogens with one attached hydrogen (secondary N) is 1. The number of piperidine rings is 1. The number of rotatable bonds is 5. The number of hydrogen-bond donors (Lipinski definition) is 1. The minimum Gasteiger partial charge on any atom is -0.353 e. The van der Waals surface area contributed by atoms with Crippen LogP contribution in [0.15, 0.2) is 0 Å². The third-order valence-electron chi connectivity index (χ3n) is 6.07. The second-order valence-electron chi connectivity index (χ2n) is 7.88. The summed E-state index contributed by atoms with van der Waals surface area (Å²) < 4.78 is 0. The van der Waals surface area contributed by atoms with Gasteiger partial charge >= 0.3 is 0 Å². The zero-order valence-corrected chi connectivity index (χ0v) is 14.6. The molecule has 0 bridgehead atoms. The average molecular weight is 320 g/mol. The molecule has 23 heavy (non-hydrogen) atoms. The first-order valence-electron chi connectivity index (χ1n) is 9.75. The molecule has 2 amide bonds. The van der Waals surface area contributed by atoms with Crippen LogP contribution in [0.3, 0.4) is 0 Å². The normalized spacial score (nSPS) is 29.3. The fourth-order valence-corrected chi connectivity index (χ4v) is 4.37. The number of hydrogen-bond acceptors (Lipinski definition) is 2. The van der Waals surface area contributed by atoms with E-state index in [0.717, 1.165) is 51.6 Å². The van der Waals surface area contributed by atoms with Crippen molar-refractivity contribution >= 4 is 11.8 Å². The standard InChI is InChI=1S/C19H32N2O2/c1-2-14-13-21(19(23)15-8-9-15)11-10-16(14)12-18(22)20-17-6-4-3-5-7-17/h14-17H,2-13H2,1H3,(H,20,22)/t14-,16-/m0/s1. The molecule has 4 nitrogen and oxygen atoms in total. The van der Waals surface area contributed by atoms with Gasteiger partial charge in [-0.1, -0.05) is 32.6 Å². The summed E-state index contributed by atoms with van der Waals surface area (Å²) in [5, 5.41) is 3.25. The highest BCUT2D eigenvalue weighted by atomic mass is 16.2. The van der Waals surface area contributed by atoms with Crippen molar-refractivity contribution in [3.63, 3.8) is 0 Å². The van der Waals surface area contributed by atoms with E-state index in [4.69, 9.17) is 0 Å². The highest BCUT2D eigenvalue weighted by molar-refractivity contribution is 5.81. The topological polar surface area (TPSA) is 49.4 Å². The van der Waals surface area contributed by atoms with Crippen LogP contribution >= 0.6 is 0 Å². The number of carbonyl (C=O) groups excluding carboxylic acids is 2. The van der Waals surface area contributed by atoms with Gasteiger partial charge in [0.25, 0.3) is 0 Å². The maximum atomic E-state index is 12.4. The molecule has 130 valence electrons. The SMILES string of the molecule is CC[C@H]1CN(C(=O)C2CC2)CC[C@H]1CC(=O)NC1CCCCC1. The molecule has 0 aromatic rings. The first kappa shape index (κ1) is 16.8. The van der Waals surface area contributed by atoms with Crippen molar-refractivity contribution in [2.75, 3.05) is 13.1 Å². The van der Waals surface area contributed by atoms with Crippen LogP contribution in [-0.4, -0.2) is 35.8 Å². The quantitative estimate of drug-likeness (QED) is 0.846. The van der Waals surface area contributed by atoms with Crippen molar-refractivity contribution < 1.29 is 9.59 Å². The Morgan fingerprint density at radius 2 is 1.74 bits per heavy atom. The van der Waals surface area contributed by atoms with E-state index in [-0.39, 0.29) is 5.91 Å². The lowest BCUT2D eigenvalue weighted by Crippen LogP contribution is -2.46. The van der Waals surface area contributed by atoms with Crippen LogP contribution < -0.4 is 5.32 Å². The molecule has 0 unspecified atom stereocenters. The molecule has 2 aliphatic carbocycles. The first-order chi connectivity index (χ1) is 11.2. The summed E-state index contributed by atoms with van der Waals surface area (Å²) in [6.45, 7) is 3.92. The summed E-state index contributed by atoms with van der Waals surface area (Å²) in [4.78, 5) is 26.7. The molecule has 4 heteroatoms. The van der Waals surface area contributed by atoms with E-state index in [1.807, 2.05) is 0 Å². The zero-order chi connectivity index (χ0) is 16.2. The maximum Gasteiger partial charge on any atom is 0.225 e. The van der Waals surface area contributed by atoms with Crippen molar-refractivity contribution in [3.8, 4) is 0 Å². The van der Waals surface area contributed by atoms with E-state index >= 15 is 0 Å². The predicted octanol–water partition coefficient (Wildman–Crippen LogP) is 3.11. The van der Waals surface area contributed by atoms with E-state index in [1.165, 1.54) is 19.3 Å². The lowest BCUT2D eigenvalue weighted by molar-refractivity contribution is -0.135. The Kier molecular flexibility index (Phi) is 5.60. The van der Waals surface area contributed by atoms with Gasteiger partial charge in [-0.2, -0.15) is 0 Å². The fourth-order valence-electron chi connectivity index (χ4n) is 4.37. The van der Waals surface area contributed by atoms with Gasteiger partial charge in [-0.3, -0.25) is 9.59 Å². The minimum absolute atomic E-state index is 0.238. The molecule has 1 heterocycles. The van der Waals surface area contributed by atoms with Gasteiger partial charge in [0.1, 0.15) is 0 Å². The van der Waals surface area contributed by atoms with Crippen molar-refractivity contribution in [1.29, 1.82) is 0 Å². The molecule has 0 aromatic heterocycles. The van der Waals surface area contributed by atoms with Gasteiger partial charge in [-0.25, -0.2) is 0 Å². The molecule has 0 spiro atoms. The predicted molar refractivity (Wildman–Crippen MR) is 90.8 cm³/mol. The molecule has 3 fully saturated rings. The highest BCUT2D eigenvalue weighted by Crippen LogP contribution is 2.35. The zero-order valence-electron chi connectivity index (χ0n) is 14.6. The monoisotopic (exact) mass is 320 g/mol. The van der Waals surface area contributed by atoms with Gasteiger partial charge in [-0.15, -0.1) is 0 Å². The van der Waals surface area contributed by atoms with E-state index in [0.29, 0.717) is 36.1 Å². The third kappa shape index (κ3) is 4.48. The molecule has 1 N–H and O–H groups in total. The second kappa shape index (κ2) is 7.67. The maximum absolute atomic E-state index is 12.4. The van der Waals surface area contributed by atoms with E-state index in [2.05, 4.69) is 17.1 Å². The summed E-state index contributed by atoms with van der Waals surface area (Å²) in [6, 6.07) is 0.410. The number of nitrogens with zero attached hydrogens (tertiary/aromatic N) is 1. The van der Waals surface area contributed by atoms with Gasteiger partial charge in [0.05, 0.1) is 0 Å². The molecular formula is C19H32N2O2. The van der Waals surface area contributed by atoms with Crippen molar-refractivity contribution in [3.05, 3.63) is 0 Å². The molecule has 1 aliphatic heterocycles. The number of carbonyl (C=O) groups is 2. The van der Waals surface area contributed by atoms with Crippen molar-refractivity contribution in [2.24, 2.45) is 17.8 Å². The minimum atomic E-state index is 0.238. The van der Waals surface area contributed by atoms with E-state index < -0.39 is 0 Å². The van der Waals surface area contributed by atoms with E-state index in [1.54, 1.807) is 0 Å². The van der Waals surface area contributed by atoms with Gasteiger partial charge < -0.3 is 10.2 Å². The van der Waals surface area contributed by atoms with Gasteiger partial charge in [0.2, 0.25) is 11.8 Å². The van der Waals surface area contributed by atoms with Crippen molar-refractivity contribution in [1.82, 2.24) is 10.2 Å².